The van der Waals surface area contributed by atoms with E-state index in [2.05, 4.69) is 54.4 Å². The van der Waals surface area contributed by atoms with E-state index in [0.29, 0.717) is 6.04 Å². The molecule has 0 saturated heterocycles. The fourth-order valence-electron chi connectivity index (χ4n) is 3.44. The molecular formula is C18H30N2. The van der Waals surface area contributed by atoms with Gasteiger partial charge in [0.15, 0.2) is 0 Å². The van der Waals surface area contributed by atoms with Crippen LogP contribution in [0.25, 0.3) is 0 Å². The van der Waals surface area contributed by atoms with Crippen molar-refractivity contribution in [1.82, 2.24) is 10.2 Å². The van der Waals surface area contributed by atoms with Gasteiger partial charge in [-0.25, -0.2) is 0 Å². The molecule has 0 aliphatic heterocycles. The lowest BCUT2D eigenvalue weighted by Crippen LogP contribution is -2.37. The molecular weight excluding hydrogens is 244 g/mol. The average molecular weight is 274 g/mol. The predicted molar refractivity (Wildman–Crippen MR) is 86.9 cm³/mol. The van der Waals surface area contributed by atoms with Crippen molar-refractivity contribution in [1.29, 1.82) is 0 Å². The van der Waals surface area contributed by atoms with Crippen molar-refractivity contribution in [2.45, 2.75) is 45.6 Å². The summed E-state index contributed by atoms with van der Waals surface area (Å²) in [5, 5.41) is 3.73. The Balaban J connectivity index is 1.91. The first-order valence-electron chi connectivity index (χ1n) is 8.34. The molecule has 2 rings (SSSR count). The third-order valence-corrected chi connectivity index (χ3v) is 4.68. The zero-order chi connectivity index (χ0) is 14.2. The molecule has 0 bridgehead atoms. The topological polar surface area (TPSA) is 15.3 Å². The van der Waals surface area contributed by atoms with Gasteiger partial charge < -0.3 is 5.32 Å². The number of benzene rings is 1. The lowest BCUT2D eigenvalue weighted by molar-refractivity contribution is 0.211. The molecule has 2 nitrogen and oxygen atoms in total. The highest BCUT2D eigenvalue weighted by Crippen LogP contribution is 2.24. The number of likely N-dealkylation sites (N-methyl/N-ethyl adjacent to an activating group) is 1. The molecule has 2 heteroatoms. The summed E-state index contributed by atoms with van der Waals surface area (Å²) in [6.45, 7) is 9.02. The van der Waals surface area contributed by atoms with E-state index in [0.717, 1.165) is 25.6 Å². The summed E-state index contributed by atoms with van der Waals surface area (Å²) in [6, 6.07) is 11.5. The van der Waals surface area contributed by atoms with Crippen LogP contribution in [-0.2, 0) is 0 Å². The number of nitrogens with one attached hydrogen (secondary N) is 1. The van der Waals surface area contributed by atoms with Crippen LogP contribution in [0.5, 0.6) is 0 Å². The molecule has 0 heterocycles. The van der Waals surface area contributed by atoms with E-state index in [1.807, 2.05) is 0 Å². The van der Waals surface area contributed by atoms with Gasteiger partial charge in [0, 0.05) is 12.6 Å². The Morgan fingerprint density at radius 2 is 1.75 bits per heavy atom. The second kappa shape index (κ2) is 8.43. The Morgan fingerprint density at radius 1 is 1.10 bits per heavy atom. The second-order valence-corrected chi connectivity index (χ2v) is 5.96. The Hall–Kier alpha value is -0.860. The fraction of sp³-hybridized carbons (Fsp3) is 0.667. The Kier molecular flexibility index (Phi) is 6.55. The second-order valence-electron chi connectivity index (χ2n) is 5.96. The third-order valence-electron chi connectivity index (χ3n) is 4.68. The van der Waals surface area contributed by atoms with E-state index in [4.69, 9.17) is 0 Å². The van der Waals surface area contributed by atoms with Crippen molar-refractivity contribution < 1.29 is 0 Å². The highest BCUT2D eigenvalue weighted by molar-refractivity contribution is 5.19. The van der Waals surface area contributed by atoms with Gasteiger partial charge in [0.2, 0.25) is 0 Å². The third kappa shape index (κ3) is 4.32. The molecule has 1 atom stereocenters. The van der Waals surface area contributed by atoms with Crippen LogP contribution in [-0.4, -0.2) is 31.1 Å². The van der Waals surface area contributed by atoms with E-state index in [-0.39, 0.29) is 0 Å². The summed E-state index contributed by atoms with van der Waals surface area (Å²) in [7, 11) is 0. The van der Waals surface area contributed by atoms with E-state index in [1.165, 1.54) is 37.8 Å². The number of hydrogen-bond acceptors (Lipinski definition) is 2. The molecule has 1 aromatic rings. The van der Waals surface area contributed by atoms with Crippen LogP contribution >= 0.6 is 0 Å². The summed E-state index contributed by atoms with van der Waals surface area (Å²) in [6.07, 6.45) is 5.72. The predicted octanol–water partition coefficient (Wildman–Crippen LogP) is 3.85. The molecule has 1 saturated carbocycles. The maximum atomic E-state index is 3.73. The van der Waals surface area contributed by atoms with Crippen LogP contribution in [0.15, 0.2) is 30.3 Å². The fourth-order valence-corrected chi connectivity index (χ4v) is 3.44. The van der Waals surface area contributed by atoms with Crippen LogP contribution in [0.3, 0.4) is 0 Å². The summed E-state index contributed by atoms with van der Waals surface area (Å²) in [4.78, 5) is 2.55. The van der Waals surface area contributed by atoms with Crippen molar-refractivity contribution in [3.63, 3.8) is 0 Å². The highest BCUT2D eigenvalue weighted by Gasteiger charge is 2.19. The largest absolute Gasteiger partial charge is 0.315 e. The molecule has 1 fully saturated rings. The summed E-state index contributed by atoms with van der Waals surface area (Å²) < 4.78 is 0. The molecule has 1 aliphatic rings. The Morgan fingerprint density at radius 3 is 2.35 bits per heavy atom. The first-order chi connectivity index (χ1) is 9.85. The van der Waals surface area contributed by atoms with Crippen LogP contribution < -0.4 is 5.32 Å². The van der Waals surface area contributed by atoms with Crippen LogP contribution in [0, 0.1) is 5.92 Å². The SMILES string of the molecule is CCN(CC)C(CNCC1CCCC1)c1ccccc1. The zero-order valence-electron chi connectivity index (χ0n) is 13.1. The summed E-state index contributed by atoms with van der Waals surface area (Å²) in [5.74, 6) is 0.920. The quantitative estimate of drug-likeness (QED) is 0.774. The van der Waals surface area contributed by atoms with Crippen molar-refractivity contribution in [2.24, 2.45) is 5.92 Å². The van der Waals surface area contributed by atoms with Crippen molar-refractivity contribution in [3.8, 4) is 0 Å². The van der Waals surface area contributed by atoms with Gasteiger partial charge in [0.1, 0.15) is 0 Å². The molecule has 1 aliphatic carbocycles. The number of hydrogen-bond donors (Lipinski definition) is 1. The smallest absolute Gasteiger partial charge is 0.0472 e. The van der Waals surface area contributed by atoms with Crippen LogP contribution in [0.1, 0.15) is 51.1 Å². The summed E-state index contributed by atoms with van der Waals surface area (Å²) >= 11 is 0. The standard InChI is InChI=1S/C18H30N2/c1-3-20(4-2)18(17-12-6-5-7-13-17)15-19-14-16-10-8-9-11-16/h5-7,12-13,16,18-19H,3-4,8-11,14-15H2,1-2H3. The van der Waals surface area contributed by atoms with Gasteiger partial charge in [-0.05, 0) is 44.0 Å². The molecule has 0 amide bonds. The maximum absolute atomic E-state index is 3.73. The Labute approximate surface area is 124 Å². The van der Waals surface area contributed by atoms with Gasteiger partial charge in [-0.1, -0.05) is 57.0 Å². The van der Waals surface area contributed by atoms with E-state index >= 15 is 0 Å². The van der Waals surface area contributed by atoms with E-state index < -0.39 is 0 Å². The normalized spacial score (nSPS) is 17.8. The first-order valence-corrected chi connectivity index (χ1v) is 8.34. The Bertz CT molecular complexity index is 353. The van der Waals surface area contributed by atoms with Crippen LogP contribution in [0.4, 0.5) is 0 Å². The average Bonchev–Trinajstić information content (AvgIpc) is 3.01. The van der Waals surface area contributed by atoms with Crippen LogP contribution in [0.2, 0.25) is 0 Å². The number of nitrogens with zero attached hydrogens (tertiary/aromatic N) is 1. The van der Waals surface area contributed by atoms with Gasteiger partial charge in [-0.15, -0.1) is 0 Å². The van der Waals surface area contributed by atoms with Crippen molar-refractivity contribution in [3.05, 3.63) is 35.9 Å². The lowest BCUT2D eigenvalue weighted by atomic mass is 10.0. The molecule has 20 heavy (non-hydrogen) atoms. The van der Waals surface area contributed by atoms with E-state index in [1.54, 1.807) is 0 Å². The summed E-state index contributed by atoms with van der Waals surface area (Å²) in [5.41, 5.74) is 1.44. The minimum absolute atomic E-state index is 0.507. The molecule has 112 valence electrons. The monoisotopic (exact) mass is 274 g/mol. The van der Waals surface area contributed by atoms with Gasteiger partial charge in [-0.2, -0.15) is 0 Å². The highest BCUT2D eigenvalue weighted by atomic mass is 15.2. The number of rotatable bonds is 8. The van der Waals surface area contributed by atoms with E-state index in [9.17, 15) is 0 Å². The van der Waals surface area contributed by atoms with Gasteiger partial charge in [0.25, 0.3) is 0 Å². The van der Waals surface area contributed by atoms with Gasteiger partial charge in [-0.3, -0.25) is 4.90 Å². The molecule has 0 spiro atoms. The van der Waals surface area contributed by atoms with Crippen molar-refractivity contribution >= 4 is 0 Å². The molecule has 0 aromatic heterocycles. The van der Waals surface area contributed by atoms with Crippen molar-refractivity contribution in [2.75, 3.05) is 26.2 Å². The molecule has 1 aromatic carbocycles. The zero-order valence-corrected chi connectivity index (χ0v) is 13.1. The van der Waals surface area contributed by atoms with Gasteiger partial charge >= 0.3 is 0 Å². The molecule has 1 N–H and O–H groups in total. The molecule has 1 unspecified atom stereocenters. The minimum Gasteiger partial charge on any atom is -0.315 e. The maximum Gasteiger partial charge on any atom is 0.0472 e. The minimum atomic E-state index is 0.507. The lowest BCUT2D eigenvalue weighted by Gasteiger charge is -2.30. The molecule has 0 radical (unpaired) electrons. The first kappa shape index (κ1) is 15.5. The van der Waals surface area contributed by atoms with Gasteiger partial charge in [0.05, 0.1) is 0 Å².